The van der Waals surface area contributed by atoms with Crippen molar-refractivity contribution in [3.8, 4) is 0 Å². The van der Waals surface area contributed by atoms with Crippen LogP contribution in [-0.4, -0.2) is 19.9 Å². The van der Waals surface area contributed by atoms with Gasteiger partial charge in [-0.3, -0.25) is 0 Å². The fraction of sp³-hybridized carbons (Fsp3) is 0.273. The van der Waals surface area contributed by atoms with Crippen molar-refractivity contribution in [2.45, 2.75) is 29.6 Å². The lowest BCUT2D eigenvalue weighted by molar-refractivity contribution is 0.116. The van der Waals surface area contributed by atoms with Crippen LogP contribution in [0.1, 0.15) is 24.5 Å². The van der Waals surface area contributed by atoms with Crippen LogP contribution in [0.3, 0.4) is 0 Å². The Balaban J connectivity index is 2.12. The molecule has 6 heteroatoms. The number of aliphatic hydroxyl groups is 1. The van der Waals surface area contributed by atoms with E-state index in [1.807, 2.05) is 19.1 Å². The molecule has 5 nitrogen and oxygen atoms in total. The van der Waals surface area contributed by atoms with Crippen LogP contribution in [0, 0.1) is 0 Å². The molecule has 2 heterocycles. The van der Waals surface area contributed by atoms with E-state index in [1.54, 1.807) is 10.7 Å². The molecule has 1 aromatic heterocycles. The summed E-state index contributed by atoms with van der Waals surface area (Å²) >= 11 is 1.50. The molecule has 3 N–H and O–H groups in total. The summed E-state index contributed by atoms with van der Waals surface area (Å²) in [6, 6.07) is 5.51. The Labute approximate surface area is 103 Å². The number of nitrogens with two attached hydrogens (primary N) is 1. The number of hydrogen-bond acceptors (Lipinski definition) is 5. The predicted molar refractivity (Wildman–Crippen MR) is 64.7 cm³/mol. The Bertz CT molecular complexity index is 581. The van der Waals surface area contributed by atoms with Gasteiger partial charge < -0.3 is 10.8 Å². The maximum Gasteiger partial charge on any atom is 0.193 e. The molecule has 0 amide bonds. The van der Waals surface area contributed by atoms with Crippen LogP contribution in [-0.2, 0) is 6.42 Å². The molecule has 1 aliphatic rings. The predicted octanol–water partition coefficient (Wildman–Crippen LogP) is 1.43. The van der Waals surface area contributed by atoms with Gasteiger partial charge in [-0.2, -0.15) is 5.10 Å². The third-order valence-electron chi connectivity index (χ3n) is 2.70. The van der Waals surface area contributed by atoms with Gasteiger partial charge in [0.2, 0.25) is 0 Å². The van der Waals surface area contributed by atoms with Crippen molar-refractivity contribution in [1.29, 1.82) is 0 Å². The zero-order valence-electron chi connectivity index (χ0n) is 9.29. The van der Waals surface area contributed by atoms with E-state index < -0.39 is 6.23 Å². The van der Waals surface area contributed by atoms with Gasteiger partial charge in [0.1, 0.15) is 0 Å². The van der Waals surface area contributed by atoms with Crippen molar-refractivity contribution in [3.63, 3.8) is 0 Å². The van der Waals surface area contributed by atoms with Gasteiger partial charge in [-0.1, -0.05) is 6.92 Å². The number of benzene rings is 1. The molecule has 1 atom stereocenters. The highest BCUT2D eigenvalue weighted by Gasteiger charge is 2.26. The highest BCUT2D eigenvalue weighted by atomic mass is 32.2. The van der Waals surface area contributed by atoms with Crippen molar-refractivity contribution in [2.24, 2.45) is 0 Å². The monoisotopic (exact) mass is 248 g/mol. The molecule has 0 unspecified atom stereocenters. The standard InChI is InChI=1S/C11H12N4OS/c1-2-9-13-11-15(14-9)10(16)7-5-6(12)3-4-8(7)17-11/h3-5,10,16H,2,12H2,1H3/t10-/m1/s1. The number of nitrogens with zero attached hydrogens (tertiary/aromatic N) is 3. The second kappa shape index (κ2) is 3.75. The van der Waals surface area contributed by atoms with Crippen LogP contribution in [0.15, 0.2) is 28.3 Å². The Hall–Kier alpha value is -1.53. The van der Waals surface area contributed by atoms with Crippen LogP contribution >= 0.6 is 11.8 Å². The molecule has 0 spiro atoms. The lowest BCUT2D eigenvalue weighted by atomic mass is 10.2. The topological polar surface area (TPSA) is 77.0 Å². The van der Waals surface area contributed by atoms with E-state index in [2.05, 4.69) is 10.1 Å². The summed E-state index contributed by atoms with van der Waals surface area (Å²) in [4.78, 5) is 5.35. The van der Waals surface area contributed by atoms with Gasteiger partial charge in [0.05, 0.1) is 0 Å². The van der Waals surface area contributed by atoms with Crippen molar-refractivity contribution in [1.82, 2.24) is 14.8 Å². The first-order chi connectivity index (χ1) is 8.19. The smallest absolute Gasteiger partial charge is 0.193 e. The van der Waals surface area contributed by atoms with Crippen LogP contribution in [0.4, 0.5) is 5.69 Å². The zero-order chi connectivity index (χ0) is 12.0. The maximum absolute atomic E-state index is 10.2. The first kappa shape index (κ1) is 10.6. The number of hydrogen-bond donors (Lipinski definition) is 2. The molecule has 0 saturated carbocycles. The molecular weight excluding hydrogens is 236 g/mol. The molecule has 1 aliphatic heterocycles. The van der Waals surface area contributed by atoms with Gasteiger partial charge in [0, 0.05) is 22.6 Å². The van der Waals surface area contributed by atoms with Gasteiger partial charge in [-0.15, -0.1) is 0 Å². The second-order valence-corrected chi connectivity index (χ2v) is 4.89. The Kier molecular flexibility index (Phi) is 2.34. The van der Waals surface area contributed by atoms with Gasteiger partial charge in [-0.25, -0.2) is 9.67 Å². The lowest BCUT2D eigenvalue weighted by Crippen LogP contribution is -2.17. The molecule has 0 aliphatic carbocycles. The van der Waals surface area contributed by atoms with Crippen LogP contribution < -0.4 is 5.73 Å². The molecule has 0 bridgehead atoms. The normalized spacial score (nSPS) is 17.6. The zero-order valence-corrected chi connectivity index (χ0v) is 10.1. The first-order valence-electron chi connectivity index (χ1n) is 5.40. The minimum absolute atomic E-state index is 0.641. The summed E-state index contributed by atoms with van der Waals surface area (Å²) in [5.41, 5.74) is 7.16. The van der Waals surface area contributed by atoms with Gasteiger partial charge in [-0.05, 0) is 30.0 Å². The molecule has 1 aromatic carbocycles. The number of aryl methyl sites for hydroxylation is 1. The largest absolute Gasteiger partial charge is 0.399 e. The Morgan fingerprint density at radius 2 is 2.35 bits per heavy atom. The molecule has 2 aromatic rings. The van der Waals surface area contributed by atoms with Crippen molar-refractivity contribution in [2.75, 3.05) is 5.73 Å². The summed E-state index contributed by atoms with van der Waals surface area (Å²) in [5, 5.41) is 15.2. The molecule has 0 fully saturated rings. The third-order valence-corrected chi connectivity index (χ3v) is 3.76. The van der Waals surface area contributed by atoms with E-state index >= 15 is 0 Å². The number of anilines is 1. The summed E-state index contributed by atoms with van der Waals surface area (Å²) in [7, 11) is 0. The van der Waals surface area contributed by atoms with E-state index in [0.717, 1.165) is 27.9 Å². The van der Waals surface area contributed by atoms with Crippen LogP contribution in [0.5, 0.6) is 0 Å². The molecule has 88 valence electrons. The van der Waals surface area contributed by atoms with Crippen molar-refractivity contribution in [3.05, 3.63) is 29.6 Å². The van der Waals surface area contributed by atoms with Crippen molar-refractivity contribution < 1.29 is 5.11 Å². The van der Waals surface area contributed by atoms with E-state index in [1.165, 1.54) is 11.8 Å². The highest BCUT2D eigenvalue weighted by molar-refractivity contribution is 7.99. The summed E-state index contributed by atoms with van der Waals surface area (Å²) in [5.74, 6) is 0.743. The number of fused-ring (bicyclic) bond motifs is 2. The quantitative estimate of drug-likeness (QED) is 0.746. The number of rotatable bonds is 1. The minimum atomic E-state index is -0.794. The first-order valence-corrected chi connectivity index (χ1v) is 6.21. The second-order valence-electron chi connectivity index (χ2n) is 3.88. The van der Waals surface area contributed by atoms with E-state index in [-0.39, 0.29) is 0 Å². The number of aliphatic hydroxyl groups excluding tert-OH is 1. The van der Waals surface area contributed by atoms with Gasteiger partial charge >= 0.3 is 0 Å². The van der Waals surface area contributed by atoms with Gasteiger partial charge in [0.15, 0.2) is 17.2 Å². The van der Waals surface area contributed by atoms with E-state index in [0.29, 0.717) is 5.69 Å². The average Bonchev–Trinajstić information content (AvgIpc) is 2.74. The SMILES string of the molecule is CCc1nc2n(n1)[C@H](O)c1cc(N)ccc1S2. The fourth-order valence-electron chi connectivity index (χ4n) is 1.82. The number of aromatic nitrogens is 3. The maximum atomic E-state index is 10.2. The number of nitrogen functional groups attached to an aromatic ring is 1. The van der Waals surface area contributed by atoms with Crippen LogP contribution in [0.2, 0.25) is 0 Å². The Morgan fingerprint density at radius 1 is 1.53 bits per heavy atom. The molecule has 0 saturated heterocycles. The highest BCUT2D eigenvalue weighted by Crippen LogP contribution is 2.39. The molecular formula is C11H12N4OS. The fourth-order valence-corrected chi connectivity index (χ4v) is 2.82. The Morgan fingerprint density at radius 3 is 3.12 bits per heavy atom. The average molecular weight is 248 g/mol. The molecule has 0 radical (unpaired) electrons. The van der Waals surface area contributed by atoms with Crippen molar-refractivity contribution >= 4 is 17.4 Å². The lowest BCUT2D eigenvalue weighted by Gasteiger charge is -2.21. The molecule has 17 heavy (non-hydrogen) atoms. The summed E-state index contributed by atoms with van der Waals surface area (Å²) < 4.78 is 1.55. The minimum Gasteiger partial charge on any atom is -0.399 e. The van der Waals surface area contributed by atoms with Crippen LogP contribution in [0.25, 0.3) is 0 Å². The molecule has 3 rings (SSSR count). The van der Waals surface area contributed by atoms with E-state index in [9.17, 15) is 5.11 Å². The van der Waals surface area contributed by atoms with Gasteiger partial charge in [0.25, 0.3) is 0 Å². The van der Waals surface area contributed by atoms with E-state index in [4.69, 9.17) is 5.73 Å². The third kappa shape index (κ3) is 1.60. The summed E-state index contributed by atoms with van der Waals surface area (Å²) in [6.07, 6.45) is -0.0382. The summed E-state index contributed by atoms with van der Waals surface area (Å²) in [6.45, 7) is 1.99.